The Morgan fingerprint density at radius 3 is 2.68 bits per heavy atom. The minimum Gasteiger partial charge on any atom is -0.444 e. The fourth-order valence-corrected chi connectivity index (χ4v) is 5.14. The number of nitrogens with zero attached hydrogens (tertiary/aromatic N) is 4. The third-order valence-corrected chi connectivity index (χ3v) is 6.85. The largest absolute Gasteiger partial charge is 0.444 e. The lowest BCUT2D eigenvalue weighted by molar-refractivity contribution is 0.0501. The topological polar surface area (TPSA) is 97.7 Å². The molecule has 1 aromatic carbocycles. The normalized spacial score (nSPS) is 15.6. The Bertz CT molecular complexity index is 1450. The van der Waals surface area contributed by atoms with E-state index in [1.54, 1.807) is 0 Å². The second kappa shape index (κ2) is 10.2. The van der Waals surface area contributed by atoms with Crippen LogP contribution in [0.2, 0.25) is 0 Å². The fourth-order valence-electron chi connectivity index (χ4n) is 5.14. The average Bonchev–Trinajstić information content (AvgIpc) is 3.26. The minimum atomic E-state index is -0.524. The molecule has 0 saturated carbocycles. The first-order chi connectivity index (χ1) is 17.1. The Labute approximate surface area is 223 Å². The molecule has 196 valence electrons. The Balaban J connectivity index is 0.00000320. The molecule has 37 heavy (non-hydrogen) atoms. The van der Waals surface area contributed by atoms with Crippen molar-refractivity contribution in [1.29, 1.82) is 0 Å². The van der Waals surface area contributed by atoms with Crippen molar-refractivity contribution in [1.82, 2.24) is 30.0 Å². The number of imidazole rings is 1. The summed E-state index contributed by atoms with van der Waals surface area (Å²) >= 11 is 0. The predicted octanol–water partition coefficient (Wildman–Crippen LogP) is 6.36. The van der Waals surface area contributed by atoms with Crippen LogP contribution in [0.5, 0.6) is 0 Å². The number of nitrogens with one attached hydrogen (secondary N) is 2. The monoisotopic (exact) mass is 522 g/mol. The van der Waals surface area contributed by atoms with E-state index in [2.05, 4.69) is 38.6 Å². The van der Waals surface area contributed by atoms with E-state index < -0.39 is 5.60 Å². The van der Waals surface area contributed by atoms with Crippen LogP contribution >= 0.6 is 12.4 Å². The van der Waals surface area contributed by atoms with Crippen LogP contribution in [0.25, 0.3) is 33.7 Å². The Morgan fingerprint density at radius 2 is 1.97 bits per heavy atom. The van der Waals surface area contributed by atoms with Gasteiger partial charge in [-0.15, -0.1) is 12.4 Å². The van der Waals surface area contributed by atoms with E-state index in [0.717, 1.165) is 65.1 Å². The minimum absolute atomic E-state index is 0. The van der Waals surface area contributed by atoms with Crippen LogP contribution in [0.4, 0.5) is 4.79 Å². The van der Waals surface area contributed by atoms with E-state index in [4.69, 9.17) is 9.72 Å². The van der Waals surface area contributed by atoms with E-state index >= 15 is 0 Å². The SMILES string of the molecule is Cc1nn(C)c(C)c1-c1nc2nccc(-c3ccc4c(c3)CCCCC4NC(=O)OC(C)(C)C)c2[nH]1.Cl. The van der Waals surface area contributed by atoms with E-state index in [1.165, 1.54) is 11.1 Å². The Hall–Kier alpha value is -3.39. The molecule has 1 unspecified atom stereocenters. The number of aromatic nitrogens is 5. The molecule has 2 N–H and O–H groups in total. The van der Waals surface area contributed by atoms with Crippen LogP contribution in [-0.2, 0) is 18.2 Å². The molecule has 1 atom stereocenters. The maximum atomic E-state index is 12.5. The van der Waals surface area contributed by atoms with E-state index in [0.29, 0.717) is 5.65 Å². The van der Waals surface area contributed by atoms with Crippen LogP contribution in [0, 0.1) is 13.8 Å². The molecule has 1 aliphatic carbocycles. The van der Waals surface area contributed by atoms with Gasteiger partial charge in [0.05, 0.1) is 22.8 Å². The third kappa shape index (κ3) is 5.34. The highest BCUT2D eigenvalue weighted by atomic mass is 35.5. The zero-order valence-electron chi connectivity index (χ0n) is 22.3. The van der Waals surface area contributed by atoms with Gasteiger partial charge < -0.3 is 15.0 Å². The van der Waals surface area contributed by atoms with Crippen LogP contribution < -0.4 is 5.32 Å². The molecule has 3 aromatic heterocycles. The summed E-state index contributed by atoms with van der Waals surface area (Å²) in [5, 5.41) is 7.64. The summed E-state index contributed by atoms with van der Waals surface area (Å²) in [5.41, 5.74) is 8.66. The second-order valence-corrected chi connectivity index (χ2v) is 10.7. The van der Waals surface area contributed by atoms with Crippen LogP contribution in [0.15, 0.2) is 30.5 Å². The number of rotatable bonds is 3. The third-order valence-electron chi connectivity index (χ3n) is 6.85. The predicted molar refractivity (Wildman–Crippen MR) is 148 cm³/mol. The van der Waals surface area contributed by atoms with Crippen molar-refractivity contribution in [3.63, 3.8) is 0 Å². The van der Waals surface area contributed by atoms with Gasteiger partial charge in [0.25, 0.3) is 0 Å². The number of amides is 1. The van der Waals surface area contributed by atoms with Gasteiger partial charge in [-0.05, 0) is 76.6 Å². The first-order valence-corrected chi connectivity index (χ1v) is 12.6. The molecule has 5 rings (SSSR count). The van der Waals surface area contributed by atoms with Crippen LogP contribution in [0.1, 0.15) is 68.6 Å². The van der Waals surface area contributed by atoms with Gasteiger partial charge in [0.1, 0.15) is 11.4 Å². The molecule has 0 spiro atoms. The number of hydrogen-bond acceptors (Lipinski definition) is 5. The standard InChI is InChI=1S/C28H34N6O2.ClH/c1-16-23(17(2)34(6)33-16)25-31-24-21(13-14-29-26(24)32-25)19-11-12-20-18(15-19)9-7-8-10-22(20)30-27(35)36-28(3,4)5;/h11-15,22H,7-10H2,1-6H3,(H,30,35)(H,29,31,32);1H. The molecule has 8 nitrogen and oxygen atoms in total. The summed E-state index contributed by atoms with van der Waals surface area (Å²) in [4.78, 5) is 25.3. The summed E-state index contributed by atoms with van der Waals surface area (Å²) in [7, 11) is 1.94. The van der Waals surface area contributed by atoms with Gasteiger partial charge in [0, 0.05) is 24.5 Å². The number of pyridine rings is 1. The van der Waals surface area contributed by atoms with E-state index in [-0.39, 0.29) is 24.5 Å². The highest BCUT2D eigenvalue weighted by molar-refractivity contribution is 5.92. The van der Waals surface area contributed by atoms with Gasteiger partial charge >= 0.3 is 6.09 Å². The Kier molecular flexibility index (Phi) is 7.33. The molecule has 1 aliphatic rings. The summed E-state index contributed by atoms with van der Waals surface area (Å²) in [5.74, 6) is 0.782. The molecule has 0 bridgehead atoms. The zero-order chi connectivity index (χ0) is 25.6. The first kappa shape index (κ1) is 26.7. The smallest absolute Gasteiger partial charge is 0.408 e. The molecule has 9 heteroatoms. The molecule has 0 fully saturated rings. The molecule has 3 heterocycles. The molecule has 0 radical (unpaired) electrons. The van der Waals surface area contributed by atoms with Gasteiger partial charge in [-0.3, -0.25) is 4.68 Å². The summed E-state index contributed by atoms with van der Waals surface area (Å²) < 4.78 is 7.40. The molecular weight excluding hydrogens is 488 g/mol. The van der Waals surface area contributed by atoms with Crippen molar-refractivity contribution in [3.8, 4) is 22.5 Å². The highest BCUT2D eigenvalue weighted by Crippen LogP contribution is 2.35. The fraction of sp³-hybridized carbons (Fsp3) is 0.429. The number of aromatic amines is 1. The van der Waals surface area contributed by atoms with Crippen molar-refractivity contribution in [2.45, 2.75) is 71.9 Å². The number of aryl methyl sites for hydroxylation is 3. The lowest BCUT2D eigenvalue weighted by Gasteiger charge is -2.24. The molecule has 4 aromatic rings. The van der Waals surface area contributed by atoms with Gasteiger partial charge in [-0.2, -0.15) is 5.10 Å². The number of hydrogen-bond donors (Lipinski definition) is 2. The lowest BCUT2D eigenvalue weighted by Crippen LogP contribution is -2.35. The van der Waals surface area contributed by atoms with Gasteiger partial charge in [0.2, 0.25) is 0 Å². The summed E-state index contributed by atoms with van der Waals surface area (Å²) in [6.45, 7) is 9.69. The molecule has 0 saturated heterocycles. The van der Waals surface area contributed by atoms with E-state index in [1.807, 2.05) is 58.6 Å². The number of alkyl carbamates (subject to hydrolysis) is 1. The van der Waals surface area contributed by atoms with Crippen molar-refractivity contribution < 1.29 is 9.53 Å². The zero-order valence-corrected chi connectivity index (χ0v) is 23.1. The van der Waals surface area contributed by atoms with Crippen molar-refractivity contribution in [2.24, 2.45) is 7.05 Å². The highest BCUT2D eigenvalue weighted by Gasteiger charge is 2.24. The van der Waals surface area contributed by atoms with Gasteiger partial charge in [-0.1, -0.05) is 24.6 Å². The number of benzene rings is 1. The Morgan fingerprint density at radius 1 is 1.19 bits per heavy atom. The van der Waals surface area contributed by atoms with Crippen LogP contribution in [-0.4, -0.2) is 36.4 Å². The van der Waals surface area contributed by atoms with Gasteiger partial charge in [0.15, 0.2) is 5.65 Å². The van der Waals surface area contributed by atoms with Crippen molar-refractivity contribution in [2.75, 3.05) is 0 Å². The van der Waals surface area contributed by atoms with E-state index in [9.17, 15) is 4.79 Å². The maximum absolute atomic E-state index is 12.5. The number of ether oxygens (including phenoxy) is 1. The summed E-state index contributed by atoms with van der Waals surface area (Å²) in [6, 6.07) is 8.50. The number of fused-ring (bicyclic) bond motifs is 2. The second-order valence-electron chi connectivity index (χ2n) is 10.7. The number of halogens is 1. The van der Waals surface area contributed by atoms with Crippen molar-refractivity contribution in [3.05, 3.63) is 53.0 Å². The molecule has 1 amide bonds. The lowest BCUT2D eigenvalue weighted by atomic mass is 9.94. The van der Waals surface area contributed by atoms with Crippen molar-refractivity contribution >= 4 is 29.7 Å². The summed E-state index contributed by atoms with van der Waals surface area (Å²) in [6.07, 6.45) is 5.46. The van der Waals surface area contributed by atoms with Gasteiger partial charge in [-0.25, -0.2) is 14.8 Å². The quantitative estimate of drug-likeness (QED) is 0.305. The maximum Gasteiger partial charge on any atom is 0.408 e. The number of carbonyl (C=O) groups is 1. The first-order valence-electron chi connectivity index (χ1n) is 12.6. The molecular formula is C28H35ClN6O2. The number of carbonyl (C=O) groups excluding carboxylic acids is 1. The van der Waals surface area contributed by atoms with Crippen LogP contribution in [0.3, 0.4) is 0 Å². The molecule has 0 aliphatic heterocycles. The number of H-pyrrole nitrogens is 1. The average molecular weight is 523 g/mol.